The minimum Gasteiger partial charge on any atom is -0.469 e. The highest BCUT2D eigenvalue weighted by atomic mass is 16.5. The Hall–Kier alpha value is -2.63. The van der Waals surface area contributed by atoms with E-state index in [9.17, 15) is 9.59 Å². The van der Waals surface area contributed by atoms with Gasteiger partial charge in [-0.25, -0.2) is 9.78 Å². The lowest BCUT2D eigenvalue weighted by Gasteiger charge is -2.04. The van der Waals surface area contributed by atoms with E-state index in [1.807, 2.05) is 0 Å². The molecule has 0 aromatic carbocycles. The lowest BCUT2D eigenvalue weighted by atomic mass is 10.1. The molecule has 0 unspecified atom stereocenters. The average molecular weight is 288 g/mol. The Morgan fingerprint density at radius 2 is 2.05 bits per heavy atom. The first-order chi connectivity index (χ1) is 10.0. The van der Waals surface area contributed by atoms with Gasteiger partial charge >= 0.3 is 5.97 Å². The van der Waals surface area contributed by atoms with Crippen molar-refractivity contribution >= 4 is 11.8 Å². The van der Waals surface area contributed by atoms with Crippen molar-refractivity contribution in [2.45, 2.75) is 13.8 Å². The summed E-state index contributed by atoms with van der Waals surface area (Å²) in [6, 6.07) is 5.20. The second kappa shape index (κ2) is 6.21. The van der Waals surface area contributed by atoms with Gasteiger partial charge in [-0.2, -0.15) is 0 Å². The predicted molar refractivity (Wildman–Crippen MR) is 75.7 cm³/mol. The fourth-order valence-electron chi connectivity index (χ4n) is 2.08. The van der Waals surface area contributed by atoms with E-state index in [-0.39, 0.29) is 12.4 Å². The summed E-state index contributed by atoms with van der Waals surface area (Å²) in [5, 5.41) is 0. The number of nitrogens with one attached hydrogen (secondary N) is 1. The summed E-state index contributed by atoms with van der Waals surface area (Å²) in [4.78, 5) is 30.7. The number of esters is 1. The van der Waals surface area contributed by atoms with Gasteiger partial charge < -0.3 is 14.5 Å². The van der Waals surface area contributed by atoms with Crippen LogP contribution >= 0.6 is 0 Å². The number of aromatic amines is 1. The highest BCUT2D eigenvalue weighted by Gasteiger charge is 2.22. The molecule has 1 N–H and O–H groups in total. The van der Waals surface area contributed by atoms with Gasteiger partial charge in [0, 0.05) is 18.0 Å². The van der Waals surface area contributed by atoms with Crippen molar-refractivity contribution in [1.29, 1.82) is 0 Å². The molecule has 0 aliphatic carbocycles. The molecule has 0 saturated carbocycles. The van der Waals surface area contributed by atoms with Crippen LogP contribution in [0.2, 0.25) is 0 Å². The molecule has 110 valence electrons. The number of aromatic nitrogens is 2. The molecule has 0 amide bonds. The Bertz CT molecular complexity index is 662. The molecule has 21 heavy (non-hydrogen) atoms. The summed E-state index contributed by atoms with van der Waals surface area (Å²) in [6.07, 6.45) is 1.58. The van der Waals surface area contributed by atoms with E-state index in [0.29, 0.717) is 28.4 Å². The zero-order valence-corrected chi connectivity index (χ0v) is 12.1. The summed E-state index contributed by atoms with van der Waals surface area (Å²) >= 11 is 0. The van der Waals surface area contributed by atoms with Crippen molar-refractivity contribution in [3.8, 4) is 5.88 Å². The number of ether oxygens (including phenoxy) is 2. The van der Waals surface area contributed by atoms with Crippen molar-refractivity contribution in [1.82, 2.24) is 9.97 Å². The number of nitrogens with zero attached hydrogens (tertiary/aromatic N) is 1. The summed E-state index contributed by atoms with van der Waals surface area (Å²) in [5.74, 6) is -0.345. The van der Waals surface area contributed by atoms with Gasteiger partial charge in [0.1, 0.15) is 0 Å². The Labute approximate surface area is 122 Å². The molecule has 6 heteroatoms. The molecule has 0 spiro atoms. The van der Waals surface area contributed by atoms with Crippen LogP contribution in [0.25, 0.3) is 0 Å². The first-order valence-electron chi connectivity index (χ1n) is 6.39. The number of aryl methyl sites for hydroxylation is 1. The molecule has 6 nitrogen and oxygen atoms in total. The number of hydrogen-bond acceptors (Lipinski definition) is 5. The number of Topliss-reactive ketones (excluding diaryl/α,β-unsaturated/α-hetero) is 1. The third-order valence-electron chi connectivity index (χ3n) is 3.09. The molecule has 0 aliphatic rings. The van der Waals surface area contributed by atoms with Crippen molar-refractivity contribution in [2.24, 2.45) is 0 Å². The number of ketones is 1. The zero-order chi connectivity index (χ0) is 15.4. The monoisotopic (exact) mass is 288 g/mol. The third-order valence-corrected chi connectivity index (χ3v) is 3.09. The fourth-order valence-corrected chi connectivity index (χ4v) is 2.08. The largest absolute Gasteiger partial charge is 0.469 e. The molecule has 0 saturated heterocycles. The van der Waals surface area contributed by atoms with Gasteiger partial charge in [0.05, 0.1) is 18.4 Å². The molecule has 2 rings (SSSR count). The summed E-state index contributed by atoms with van der Waals surface area (Å²) in [5.41, 5.74) is 1.90. The quantitative estimate of drug-likeness (QED) is 0.673. The summed E-state index contributed by atoms with van der Waals surface area (Å²) < 4.78 is 10.0. The fraction of sp³-hybridized carbons (Fsp3) is 0.267. The van der Waals surface area contributed by atoms with E-state index in [1.165, 1.54) is 7.11 Å². The van der Waals surface area contributed by atoms with Crippen molar-refractivity contribution in [3.63, 3.8) is 0 Å². The molecule has 0 bridgehead atoms. The Morgan fingerprint density at radius 1 is 1.29 bits per heavy atom. The molecule has 2 heterocycles. The van der Waals surface area contributed by atoms with E-state index in [4.69, 9.17) is 9.47 Å². The molecule has 0 aliphatic heterocycles. The number of rotatable bonds is 5. The number of hydrogen-bond donors (Lipinski definition) is 1. The Kier molecular flexibility index (Phi) is 4.37. The smallest absolute Gasteiger partial charge is 0.339 e. The van der Waals surface area contributed by atoms with Crippen LogP contribution in [0.4, 0.5) is 0 Å². The zero-order valence-electron chi connectivity index (χ0n) is 12.1. The maximum atomic E-state index is 12.2. The maximum Gasteiger partial charge on any atom is 0.339 e. The van der Waals surface area contributed by atoms with Crippen molar-refractivity contribution < 1.29 is 19.1 Å². The first-order valence-corrected chi connectivity index (χ1v) is 6.39. The Morgan fingerprint density at radius 3 is 2.67 bits per heavy atom. The van der Waals surface area contributed by atoms with E-state index in [2.05, 4.69) is 9.97 Å². The highest BCUT2D eigenvalue weighted by molar-refractivity contribution is 6.02. The molecule has 2 aromatic heterocycles. The van der Waals surface area contributed by atoms with Gasteiger partial charge in [0.15, 0.2) is 6.61 Å². The third kappa shape index (κ3) is 3.10. The van der Waals surface area contributed by atoms with Crippen LogP contribution in [0.5, 0.6) is 5.88 Å². The molecular formula is C15H16N2O4. The average Bonchev–Trinajstić information content (AvgIpc) is 2.80. The van der Waals surface area contributed by atoms with Crippen molar-refractivity contribution in [3.05, 3.63) is 46.9 Å². The number of methoxy groups -OCH3 is 1. The maximum absolute atomic E-state index is 12.2. The van der Waals surface area contributed by atoms with Crippen LogP contribution in [0.3, 0.4) is 0 Å². The van der Waals surface area contributed by atoms with E-state index >= 15 is 0 Å². The Balaban J connectivity index is 2.15. The topological polar surface area (TPSA) is 81.3 Å². The molecule has 0 fully saturated rings. The van der Waals surface area contributed by atoms with Gasteiger partial charge in [0.2, 0.25) is 11.7 Å². The summed E-state index contributed by atoms with van der Waals surface area (Å²) in [7, 11) is 1.31. The summed E-state index contributed by atoms with van der Waals surface area (Å²) in [6.45, 7) is 3.26. The van der Waals surface area contributed by atoms with Crippen molar-refractivity contribution in [2.75, 3.05) is 13.7 Å². The standard InChI is InChI=1S/C15H16N2O4/c1-9-13(15(19)20-3)10(2)17-14(9)11(18)8-21-12-6-4-5-7-16-12/h4-7,17H,8H2,1-3H3. The van der Waals surface area contributed by atoms with Gasteiger partial charge in [-0.05, 0) is 25.5 Å². The normalized spacial score (nSPS) is 10.2. The van der Waals surface area contributed by atoms with Crippen LogP contribution < -0.4 is 4.74 Å². The molecule has 0 radical (unpaired) electrons. The van der Waals surface area contributed by atoms with Gasteiger partial charge in [0.25, 0.3) is 0 Å². The second-order valence-corrected chi connectivity index (χ2v) is 4.50. The number of H-pyrrole nitrogens is 1. The lowest BCUT2D eigenvalue weighted by Crippen LogP contribution is -2.14. The van der Waals surface area contributed by atoms with Crippen LogP contribution in [0.1, 0.15) is 32.1 Å². The van der Waals surface area contributed by atoms with E-state index in [1.54, 1.807) is 38.2 Å². The van der Waals surface area contributed by atoms with Crippen LogP contribution in [-0.4, -0.2) is 35.4 Å². The minimum absolute atomic E-state index is 0.154. The minimum atomic E-state index is -0.467. The van der Waals surface area contributed by atoms with E-state index in [0.717, 1.165) is 0 Å². The highest BCUT2D eigenvalue weighted by Crippen LogP contribution is 2.19. The van der Waals surface area contributed by atoms with Gasteiger partial charge in [-0.3, -0.25) is 4.79 Å². The number of carbonyl (C=O) groups excluding carboxylic acids is 2. The lowest BCUT2D eigenvalue weighted by molar-refractivity contribution is 0.0599. The van der Waals surface area contributed by atoms with Crippen LogP contribution in [0, 0.1) is 13.8 Å². The second-order valence-electron chi connectivity index (χ2n) is 4.50. The van der Waals surface area contributed by atoms with Gasteiger partial charge in [-0.15, -0.1) is 0 Å². The van der Waals surface area contributed by atoms with Crippen LogP contribution in [-0.2, 0) is 4.74 Å². The number of pyridine rings is 1. The number of carbonyl (C=O) groups is 2. The van der Waals surface area contributed by atoms with Crippen LogP contribution in [0.15, 0.2) is 24.4 Å². The van der Waals surface area contributed by atoms with Gasteiger partial charge in [-0.1, -0.05) is 6.07 Å². The predicted octanol–water partition coefficient (Wildman–Crippen LogP) is 2.07. The molecule has 0 atom stereocenters. The molecule has 2 aromatic rings. The SMILES string of the molecule is COC(=O)c1c(C)[nH]c(C(=O)COc2ccccn2)c1C. The van der Waals surface area contributed by atoms with E-state index < -0.39 is 5.97 Å². The molecular weight excluding hydrogens is 272 g/mol. The first kappa shape index (κ1) is 14.8.